The van der Waals surface area contributed by atoms with Crippen LogP contribution in [0.25, 0.3) is 11.3 Å². The Kier molecular flexibility index (Phi) is 5.16. The van der Waals surface area contributed by atoms with Gasteiger partial charge in [-0.3, -0.25) is 9.89 Å². The highest BCUT2D eigenvalue weighted by molar-refractivity contribution is 6.06. The molecule has 6 nitrogen and oxygen atoms in total. The van der Waals surface area contributed by atoms with Crippen LogP contribution < -0.4 is 14.8 Å². The van der Waals surface area contributed by atoms with Gasteiger partial charge in [-0.1, -0.05) is 23.8 Å². The molecule has 0 saturated carbocycles. The lowest BCUT2D eigenvalue weighted by atomic mass is 10.0. The number of hydrogen-bond acceptors (Lipinski definition) is 4. The van der Waals surface area contributed by atoms with Gasteiger partial charge in [-0.2, -0.15) is 5.10 Å². The largest absolute Gasteiger partial charge is 0.493 e. The summed E-state index contributed by atoms with van der Waals surface area (Å²) in [5, 5.41) is 10.3. The van der Waals surface area contributed by atoms with Gasteiger partial charge in [0.2, 0.25) is 0 Å². The number of aromatic amines is 1. The molecule has 1 amide bonds. The average Bonchev–Trinajstić information content (AvgIpc) is 3.01. The molecule has 3 aromatic rings. The number of nitrogens with one attached hydrogen (secondary N) is 2. The lowest BCUT2D eigenvalue weighted by Gasteiger charge is -2.11. The second-order valence-corrected chi connectivity index (χ2v) is 6.41. The first-order valence-corrected chi connectivity index (χ1v) is 8.60. The highest BCUT2D eigenvalue weighted by Crippen LogP contribution is 2.32. The summed E-state index contributed by atoms with van der Waals surface area (Å²) in [4.78, 5) is 12.8. The Morgan fingerprint density at radius 3 is 2.41 bits per heavy atom. The van der Waals surface area contributed by atoms with Crippen molar-refractivity contribution in [3.8, 4) is 22.8 Å². The Hall–Kier alpha value is -3.28. The molecule has 3 rings (SSSR count). The minimum Gasteiger partial charge on any atom is -0.493 e. The predicted octanol–water partition coefficient (Wildman–Crippen LogP) is 4.27. The molecule has 0 radical (unpaired) electrons. The summed E-state index contributed by atoms with van der Waals surface area (Å²) in [7, 11) is 3.10. The molecule has 2 aromatic carbocycles. The van der Waals surface area contributed by atoms with Crippen LogP contribution in [0.5, 0.6) is 11.5 Å². The van der Waals surface area contributed by atoms with Crippen LogP contribution in [0, 0.1) is 20.8 Å². The number of ether oxygens (including phenoxy) is 2. The standard InChI is InChI=1S/C21H23N3O3/c1-12-6-8-16(13(2)10-12)20-19(14(3)23-24-20)22-21(25)15-7-9-17(26-4)18(11-15)27-5/h6-11H,1-5H3,(H,22,25)(H,23,24). The van der Waals surface area contributed by atoms with Crippen molar-refractivity contribution >= 4 is 11.6 Å². The molecule has 0 atom stereocenters. The second-order valence-electron chi connectivity index (χ2n) is 6.41. The Morgan fingerprint density at radius 1 is 1.00 bits per heavy atom. The fraction of sp³-hybridized carbons (Fsp3) is 0.238. The topological polar surface area (TPSA) is 76.2 Å². The van der Waals surface area contributed by atoms with Crippen LogP contribution in [0.3, 0.4) is 0 Å². The van der Waals surface area contributed by atoms with Gasteiger partial charge in [0.25, 0.3) is 5.91 Å². The summed E-state index contributed by atoms with van der Waals surface area (Å²) in [6, 6.07) is 11.2. The normalized spacial score (nSPS) is 10.6. The van der Waals surface area contributed by atoms with Gasteiger partial charge in [-0.15, -0.1) is 0 Å². The van der Waals surface area contributed by atoms with Gasteiger partial charge in [0.05, 0.1) is 25.6 Å². The molecule has 0 aliphatic heterocycles. The Morgan fingerprint density at radius 2 is 1.74 bits per heavy atom. The maximum atomic E-state index is 12.8. The number of H-pyrrole nitrogens is 1. The lowest BCUT2D eigenvalue weighted by molar-refractivity contribution is 0.102. The summed E-state index contributed by atoms with van der Waals surface area (Å²) in [6.07, 6.45) is 0. The van der Waals surface area contributed by atoms with E-state index in [4.69, 9.17) is 9.47 Å². The van der Waals surface area contributed by atoms with Crippen LogP contribution >= 0.6 is 0 Å². The van der Waals surface area contributed by atoms with Crippen molar-refractivity contribution in [2.45, 2.75) is 20.8 Å². The minimum absolute atomic E-state index is 0.244. The van der Waals surface area contributed by atoms with E-state index < -0.39 is 0 Å². The Labute approximate surface area is 158 Å². The molecular weight excluding hydrogens is 342 g/mol. The van der Waals surface area contributed by atoms with Crippen LogP contribution in [-0.2, 0) is 0 Å². The molecule has 140 valence electrons. The highest BCUT2D eigenvalue weighted by Gasteiger charge is 2.18. The number of rotatable bonds is 5. The number of benzene rings is 2. The number of methoxy groups -OCH3 is 2. The van der Waals surface area contributed by atoms with E-state index in [1.165, 1.54) is 12.7 Å². The van der Waals surface area contributed by atoms with E-state index in [2.05, 4.69) is 21.6 Å². The zero-order valence-electron chi connectivity index (χ0n) is 16.1. The quantitative estimate of drug-likeness (QED) is 0.708. The number of aromatic nitrogens is 2. The summed E-state index contributed by atoms with van der Waals surface area (Å²) in [6.45, 7) is 5.96. The highest BCUT2D eigenvalue weighted by atomic mass is 16.5. The molecular formula is C21H23N3O3. The molecule has 0 fully saturated rings. The van der Waals surface area contributed by atoms with Crippen molar-refractivity contribution in [1.82, 2.24) is 10.2 Å². The third-order valence-electron chi connectivity index (χ3n) is 4.47. The molecule has 1 heterocycles. The van der Waals surface area contributed by atoms with Gasteiger partial charge in [0.15, 0.2) is 11.5 Å². The molecule has 0 aliphatic rings. The molecule has 27 heavy (non-hydrogen) atoms. The summed E-state index contributed by atoms with van der Waals surface area (Å²) in [5.74, 6) is 0.833. The van der Waals surface area contributed by atoms with Gasteiger partial charge >= 0.3 is 0 Å². The van der Waals surface area contributed by atoms with Gasteiger partial charge in [0, 0.05) is 11.1 Å². The first kappa shape index (κ1) is 18.5. The first-order valence-electron chi connectivity index (χ1n) is 8.60. The number of carbonyl (C=O) groups excluding carboxylic acids is 1. The smallest absolute Gasteiger partial charge is 0.255 e. The summed E-state index contributed by atoms with van der Waals surface area (Å²) < 4.78 is 10.5. The molecule has 2 N–H and O–H groups in total. The Bertz CT molecular complexity index is 992. The number of carbonyl (C=O) groups is 1. The number of nitrogens with zero attached hydrogens (tertiary/aromatic N) is 1. The molecule has 0 aliphatic carbocycles. The maximum absolute atomic E-state index is 12.8. The van der Waals surface area contributed by atoms with E-state index in [0.29, 0.717) is 22.7 Å². The van der Waals surface area contributed by atoms with Crippen LogP contribution in [0.1, 0.15) is 27.2 Å². The van der Waals surface area contributed by atoms with Crippen LogP contribution in [-0.4, -0.2) is 30.3 Å². The van der Waals surface area contributed by atoms with Crippen LogP contribution in [0.2, 0.25) is 0 Å². The minimum atomic E-state index is -0.244. The van der Waals surface area contributed by atoms with Gasteiger partial charge < -0.3 is 14.8 Å². The maximum Gasteiger partial charge on any atom is 0.255 e. The third-order valence-corrected chi connectivity index (χ3v) is 4.47. The number of aryl methyl sites for hydroxylation is 3. The fourth-order valence-corrected chi connectivity index (χ4v) is 3.02. The second kappa shape index (κ2) is 7.53. The molecule has 1 aromatic heterocycles. The third kappa shape index (κ3) is 3.65. The van der Waals surface area contributed by atoms with Crippen molar-refractivity contribution in [2.24, 2.45) is 0 Å². The van der Waals surface area contributed by atoms with Crippen molar-refractivity contribution in [1.29, 1.82) is 0 Å². The summed E-state index contributed by atoms with van der Waals surface area (Å²) >= 11 is 0. The van der Waals surface area contributed by atoms with E-state index in [1.807, 2.05) is 32.9 Å². The van der Waals surface area contributed by atoms with E-state index >= 15 is 0 Å². The van der Waals surface area contributed by atoms with Crippen molar-refractivity contribution in [3.05, 3.63) is 58.8 Å². The fourth-order valence-electron chi connectivity index (χ4n) is 3.02. The van der Waals surface area contributed by atoms with Crippen LogP contribution in [0.15, 0.2) is 36.4 Å². The van der Waals surface area contributed by atoms with Crippen molar-refractivity contribution < 1.29 is 14.3 Å². The SMILES string of the molecule is COc1ccc(C(=O)Nc2c(-c3ccc(C)cc3C)n[nH]c2C)cc1OC. The molecule has 0 bridgehead atoms. The first-order chi connectivity index (χ1) is 12.9. The zero-order chi connectivity index (χ0) is 19.6. The van der Waals surface area contributed by atoms with Crippen LogP contribution in [0.4, 0.5) is 5.69 Å². The molecule has 6 heteroatoms. The molecule has 0 spiro atoms. The van der Waals surface area contributed by atoms with E-state index in [9.17, 15) is 4.79 Å². The Balaban J connectivity index is 1.95. The van der Waals surface area contributed by atoms with Gasteiger partial charge in [-0.05, 0) is 44.5 Å². The van der Waals surface area contributed by atoms with Gasteiger partial charge in [-0.25, -0.2) is 0 Å². The van der Waals surface area contributed by atoms with Crippen molar-refractivity contribution in [3.63, 3.8) is 0 Å². The van der Waals surface area contributed by atoms with Gasteiger partial charge in [0.1, 0.15) is 5.69 Å². The van der Waals surface area contributed by atoms with E-state index in [0.717, 1.165) is 22.5 Å². The van der Waals surface area contributed by atoms with Crippen molar-refractivity contribution in [2.75, 3.05) is 19.5 Å². The van der Waals surface area contributed by atoms with E-state index in [1.54, 1.807) is 25.3 Å². The zero-order valence-corrected chi connectivity index (χ0v) is 16.1. The summed E-state index contributed by atoms with van der Waals surface area (Å²) in [5.41, 5.74) is 5.91. The number of anilines is 1. The number of amides is 1. The lowest BCUT2D eigenvalue weighted by Crippen LogP contribution is -2.13. The van der Waals surface area contributed by atoms with E-state index in [-0.39, 0.29) is 5.91 Å². The predicted molar refractivity (Wildman–Crippen MR) is 106 cm³/mol. The molecule has 0 unspecified atom stereocenters. The average molecular weight is 365 g/mol. The monoisotopic (exact) mass is 365 g/mol. The molecule has 0 saturated heterocycles. The number of hydrogen-bond donors (Lipinski definition) is 2.